The lowest BCUT2D eigenvalue weighted by Crippen LogP contribution is -2.07. The quantitative estimate of drug-likeness (QED) is 0.687. The number of phenolic OH excluding ortho intramolecular Hbond substituents is 1. The van der Waals surface area contributed by atoms with Crippen molar-refractivity contribution in [3.63, 3.8) is 0 Å². The van der Waals surface area contributed by atoms with Crippen molar-refractivity contribution in [2.75, 3.05) is 0 Å². The van der Waals surface area contributed by atoms with Crippen LogP contribution < -0.4 is 0 Å². The predicted octanol–water partition coefficient (Wildman–Crippen LogP) is 5.39. The number of alkyl halides is 1. The third-order valence-electron chi connectivity index (χ3n) is 4.30. The Morgan fingerprint density at radius 2 is 1.50 bits per heavy atom. The molecular formula is C21H15BrO2. The first-order valence-corrected chi connectivity index (χ1v) is 8.63. The Morgan fingerprint density at radius 1 is 0.792 bits per heavy atom. The summed E-state index contributed by atoms with van der Waals surface area (Å²) < 4.78 is 0. The monoisotopic (exact) mass is 378 g/mol. The number of fused-ring (bicyclic) bond motifs is 1. The summed E-state index contributed by atoms with van der Waals surface area (Å²) in [5.74, 6) is 0.519. The number of aromatic hydroxyl groups is 1. The van der Waals surface area contributed by atoms with Crippen LogP contribution in [0.25, 0.3) is 11.1 Å². The second kappa shape index (κ2) is 5.84. The van der Waals surface area contributed by atoms with E-state index in [1.165, 1.54) is 0 Å². The van der Waals surface area contributed by atoms with Crippen molar-refractivity contribution in [1.82, 2.24) is 0 Å². The lowest BCUT2D eigenvalue weighted by Gasteiger charge is -2.18. The Morgan fingerprint density at radius 3 is 2.21 bits per heavy atom. The van der Waals surface area contributed by atoms with Crippen LogP contribution in [-0.2, 0) is 0 Å². The molecule has 0 amide bonds. The number of halogens is 1. The van der Waals surface area contributed by atoms with E-state index in [2.05, 4.69) is 34.1 Å². The summed E-state index contributed by atoms with van der Waals surface area (Å²) in [7, 11) is 0. The molecule has 2 nitrogen and oxygen atoms in total. The third kappa shape index (κ3) is 2.51. The molecule has 3 heteroatoms. The standard InChI is InChI=1S/C21H15BrO2/c22-20-11-16(24)10-19-18(20)12-17(13-6-8-15(23)9-7-13)21(19)14-4-2-1-3-5-14/h1-12,20,23-24H. The first-order valence-electron chi connectivity index (χ1n) is 7.71. The number of hydrogen-bond acceptors (Lipinski definition) is 2. The third-order valence-corrected chi connectivity index (χ3v) is 5.05. The summed E-state index contributed by atoms with van der Waals surface area (Å²) in [5, 5.41) is 19.6. The molecule has 2 aromatic carbocycles. The molecule has 2 aromatic rings. The molecule has 0 bridgehead atoms. The first kappa shape index (κ1) is 15.0. The lowest BCUT2D eigenvalue weighted by atomic mass is 9.90. The zero-order valence-corrected chi connectivity index (χ0v) is 14.4. The number of phenols is 1. The maximum absolute atomic E-state index is 10.1. The predicted molar refractivity (Wildman–Crippen MR) is 101 cm³/mol. The molecule has 1 unspecified atom stereocenters. The minimum absolute atomic E-state index is 0.0224. The van der Waals surface area contributed by atoms with Crippen LogP contribution in [0.1, 0.15) is 11.1 Å². The van der Waals surface area contributed by atoms with E-state index in [1.54, 1.807) is 18.2 Å². The van der Waals surface area contributed by atoms with Gasteiger partial charge in [-0.1, -0.05) is 58.4 Å². The average molecular weight is 379 g/mol. The Labute approximate surface area is 148 Å². The summed E-state index contributed by atoms with van der Waals surface area (Å²) in [6.07, 6.45) is 5.76. The number of hydrogen-bond donors (Lipinski definition) is 2. The normalized spacial score (nSPS) is 19.5. The summed E-state index contributed by atoms with van der Waals surface area (Å²) in [6.45, 7) is 0. The molecule has 0 saturated heterocycles. The van der Waals surface area contributed by atoms with Gasteiger partial charge in [0, 0.05) is 0 Å². The minimum Gasteiger partial charge on any atom is -0.508 e. The highest BCUT2D eigenvalue weighted by Crippen LogP contribution is 2.47. The van der Waals surface area contributed by atoms with Gasteiger partial charge in [0.25, 0.3) is 0 Å². The van der Waals surface area contributed by atoms with Gasteiger partial charge in [0.2, 0.25) is 0 Å². The number of aliphatic hydroxyl groups is 1. The molecule has 2 aliphatic rings. The van der Waals surface area contributed by atoms with Gasteiger partial charge in [0.05, 0.1) is 4.83 Å². The molecule has 24 heavy (non-hydrogen) atoms. The fourth-order valence-electron chi connectivity index (χ4n) is 3.20. The van der Waals surface area contributed by atoms with Crippen molar-refractivity contribution in [1.29, 1.82) is 0 Å². The van der Waals surface area contributed by atoms with Crippen LogP contribution in [0.2, 0.25) is 0 Å². The van der Waals surface area contributed by atoms with Crippen molar-refractivity contribution < 1.29 is 10.2 Å². The lowest BCUT2D eigenvalue weighted by molar-refractivity contribution is 0.429. The fourth-order valence-corrected chi connectivity index (χ4v) is 3.85. The van der Waals surface area contributed by atoms with Crippen LogP contribution >= 0.6 is 15.9 Å². The van der Waals surface area contributed by atoms with E-state index >= 15 is 0 Å². The first-order chi connectivity index (χ1) is 11.6. The molecule has 2 aliphatic carbocycles. The maximum Gasteiger partial charge on any atom is 0.115 e. The van der Waals surface area contributed by atoms with Crippen LogP contribution in [-0.4, -0.2) is 15.0 Å². The summed E-state index contributed by atoms with van der Waals surface area (Å²) in [4.78, 5) is -0.0224. The van der Waals surface area contributed by atoms with Crippen molar-refractivity contribution >= 4 is 27.1 Å². The number of allylic oxidation sites excluding steroid dienone is 7. The molecule has 0 spiro atoms. The van der Waals surface area contributed by atoms with E-state index in [1.807, 2.05) is 36.4 Å². The van der Waals surface area contributed by atoms with Gasteiger partial charge in [-0.3, -0.25) is 0 Å². The van der Waals surface area contributed by atoms with Gasteiger partial charge in [-0.15, -0.1) is 0 Å². The summed E-state index contributed by atoms with van der Waals surface area (Å²) in [6, 6.07) is 17.4. The molecule has 4 rings (SSSR count). The van der Waals surface area contributed by atoms with Crippen LogP contribution in [0.15, 0.2) is 89.7 Å². The Bertz CT molecular complexity index is 916. The zero-order valence-electron chi connectivity index (χ0n) is 12.8. The number of benzene rings is 2. The second-order valence-electron chi connectivity index (χ2n) is 5.85. The van der Waals surface area contributed by atoms with Gasteiger partial charge < -0.3 is 10.2 Å². The van der Waals surface area contributed by atoms with Crippen molar-refractivity contribution in [2.45, 2.75) is 4.83 Å². The molecule has 0 heterocycles. The highest BCUT2D eigenvalue weighted by atomic mass is 79.9. The molecule has 0 radical (unpaired) electrons. The van der Waals surface area contributed by atoms with Crippen LogP contribution in [0.4, 0.5) is 0 Å². The molecule has 0 saturated carbocycles. The molecule has 1 atom stereocenters. The van der Waals surface area contributed by atoms with Gasteiger partial charge in [-0.25, -0.2) is 0 Å². The highest BCUT2D eigenvalue weighted by Gasteiger charge is 2.29. The van der Waals surface area contributed by atoms with Crippen molar-refractivity contribution in [3.8, 4) is 5.75 Å². The van der Waals surface area contributed by atoms with Crippen molar-refractivity contribution in [2.24, 2.45) is 0 Å². The zero-order chi connectivity index (χ0) is 16.7. The van der Waals surface area contributed by atoms with Gasteiger partial charge in [-0.2, -0.15) is 0 Å². The number of rotatable bonds is 2. The molecule has 0 aliphatic heterocycles. The molecular weight excluding hydrogens is 364 g/mol. The van der Waals surface area contributed by atoms with E-state index < -0.39 is 0 Å². The summed E-state index contributed by atoms with van der Waals surface area (Å²) in [5.41, 5.74) is 6.50. The largest absolute Gasteiger partial charge is 0.508 e. The van der Waals surface area contributed by atoms with Gasteiger partial charge in [0.15, 0.2) is 0 Å². The molecule has 118 valence electrons. The van der Waals surface area contributed by atoms with Gasteiger partial charge in [-0.05, 0) is 63.8 Å². The SMILES string of the molecule is OC1=CC(Br)C2=CC(c3ccc(O)cc3)=C(c3ccccc3)C2=C1. The molecule has 0 aromatic heterocycles. The molecule has 2 N–H and O–H groups in total. The average Bonchev–Trinajstić information content (AvgIpc) is 2.96. The van der Waals surface area contributed by atoms with E-state index in [0.717, 1.165) is 33.4 Å². The fraction of sp³-hybridized carbons (Fsp3) is 0.0476. The van der Waals surface area contributed by atoms with E-state index in [9.17, 15) is 10.2 Å². The van der Waals surface area contributed by atoms with Crippen LogP contribution in [0.3, 0.4) is 0 Å². The van der Waals surface area contributed by atoms with Gasteiger partial charge in [0.1, 0.15) is 11.5 Å². The van der Waals surface area contributed by atoms with E-state index in [4.69, 9.17) is 0 Å². The van der Waals surface area contributed by atoms with Gasteiger partial charge >= 0.3 is 0 Å². The smallest absolute Gasteiger partial charge is 0.115 e. The van der Waals surface area contributed by atoms with Crippen molar-refractivity contribution in [3.05, 3.63) is 101 Å². The summed E-state index contributed by atoms with van der Waals surface area (Å²) >= 11 is 3.64. The topological polar surface area (TPSA) is 40.5 Å². The molecule has 0 fully saturated rings. The number of aliphatic hydroxyl groups excluding tert-OH is 1. The second-order valence-corrected chi connectivity index (χ2v) is 6.84. The minimum atomic E-state index is -0.0224. The van der Waals surface area contributed by atoms with Crippen LogP contribution in [0.5, 0.6) is 5.75 Å². The van der Waals surface area contributed by atoms with Crippen LogP contribution in [0, 0.1) is 0 Å². The Balaban J connectivity index is 1.96. The van der Waals surface area contributed by atoms with E-state index in [0.29, 0.717) is 0 Å². The highest BCUT2D eigenvalue weighted by molar-refractivity contribution is 9.09. The Hall–Kier alpha value is -2.52. The van der Waals surface area contributed by atoms with E-state index in [-0.39, 0.29) is 16.3 Å². The Kier molecular flexibility index (Phi) is 3.66. The maximum atomic E-state index is 10.1.